The van der Waals surface area contributed by atoms with Gasteiger partial charge in [0.2, 0.25) is 0 Å². The zero-order valence-electron chi connectivity index (χ0n) is 16.2. The molecular formula is C21H20N2O5S. The number of ether oxygens (including phenoxy) is 2. The smallest absolute Gasteiger partial charge is 0.335 e. The Morgan fingerprint density at radius 3 is 2.52 bits per heavy atom. The lowest BCUT2D eigenvalue weighted by Gasteiger charge is -2.12. The number of benzene rings is 2. The lowest BCUT2D eigenvalue weighted by molar-refractivity contribution is -0.121. The molecule has 0 aliphatic carbocycles. The highest BCUT2D eigenvalue weighted by molar-refractivity contribution is 8.18. The van der Waals surface area contributed by atoms with Crippen molar-refractivity contribution in [1.82, 2.24) is 4.90 Å². The average Bonchev–Trinajstić information content (AvgIpc) is 3.00. The van der Waals surface area contributed by atoms with E-state index in [4.69, 9.17) is 14.6 Å². The molecule has 0 aromatic heterocycles. The van der Waals surface area contributed by atoms with Gasteiger partial charge in [-0.15, -0.1) is 0 Å². The summed E-state index contributed by atoms with van der Waals surface area (Å²) >= 11 is 1.32. The second kappa shape index (κ2) is 8.83. The first-order valence-corrected chi connectivity index (χ1v) is 9.52. The lowest BCUT2D eigenvalue weighted by Crippen LogP contribution is -2.23. The van der Waals surface area contributed by atoms with E-state index in [9.17, 15) is 9.59 Å². The Morgan fingerprint density at radius 2 is 1.93 bits per heavy atom. The second-order valence-corrected chi connectivity index (χ2v) is 7.19. The van der Waals surface area contributed by atoms with E-state index < -0.39 is 5.97 Å². The molecule has 150 valence electrons. The molecule has 0 atom stereocenters. The molecule has 1 fully saturated rings. The number of aliphatic imine (C=N–C) groups is 1. The number of nitrogens with zero attached hydrogens (tertiary/aromatic N) is 2. The van der Waals surface area contributed by atoms with Gasteiger partial charge in [-0.3, -0.25) is 14.7 Å². The predicted molar refractivity (Wildman–Crippen MR) is 112 cm³/mol. The Labute approximate surface area is 172 Å². The number of rotatable bonds is 6. The molecule has 29 heavy (non-hydrogen) atoms. The van der Waals surface area contributed by atoms with Gasteiger partial charge in [0, 0.05) is 14.1 Å². The lowest BCUT2D eigenvalue weighted by atomic mass is 10.1. The van der Waals surface area contributed by atoms with E-state index in [0.717, 1.165) is 11.1 Å². The van der Waals surface area contributed by atoms with Crippen LogP contribution in [0.15, 0.2) is 52.4 Å². The highest BCUT2D eigenvalue weighted by atomic mass is 32.2. The van der Waals surface area contributed by atoms with Crippen LogP contribution in [0.25, 0.3) is 6.08 Å². The van der Waals surface area contributed by atoms with E-state index in [-0.39, 0.29) is 18.1 Å². The molecule has 0 saturated carbocycles. The first-order valence-electron chi connectivity index (χ1n) is 8.70. The maximum atomic E-state index is 12.3. The third kappa shape index (κ3) is 4.60. The molecule has 7 nitrogen and oxygen atoms in total. The maximum Gasteiger partial charge on any atom is 0.335 e. The number of carbonyl (C=O) groups excluding carboxylic acids is 1. The number of aromatic carboxylic acids is 1. The second-order valence-electron chi connectivity index (χ2n) is 6.18. The topological polar surface area (TPSA) is 88.4 Å². The summed E-state index contributed by atoms with van der Waals surface area (Å²) in [4.78, 5) is 29.4. The number of likely N-dealkylation sites (N-methyl/N-ethyl adjacent to an activating group) is 1. The average molecular weight is 412 g/mol. The zero-order valence-corrected chi connectivity index (χ0v) is 17.0. The predicted octanol–water partition coefficient (Wildman–Crippen LogP) is 3.50. The molecule has 2 aromatic rings. The van der Waals surface area contributed by atoms with Crippen molar-refractivity contribution < 1.29 is 24.2 Å². The molecule has 1 amide bonds. The monoisotopic (exact) mass is 412 g/mol. The minimum Gasteiger partial charge on any atom is -0.493 e. The Morgan fingerprint density at radius 1 is 1.21 bits per heavy atom. The van der Waals surface area contributed by atoms with Crippen LogP contribution in [0.3, 0.4) is 0 Å². The van der Waals surface area contributed by atoms with Crippen molar-refractivity contribution in [2.45, 2.75) is 6.61 Å². The summed E-state index contributed by atoms with van der Waals surface area (Å²) in [7, 11) is 4.89. The zero-order chi connectivity index (χ0) is 21.0. The fourth-order valence-corrected chi connectivity index (χ4v) is 3.63. The fourth-order valence-electron chi connectivity index (χ4n) is 2.70. The number of hydrogen-bond acceptors (Lipinski definition) is 6. The normalized spacial score (nSPS) is 16.5. The van der Waals surface area contributed by atoms with Crippen molar-refractivity contribution in [3.63, 3.8) is 0 Å². The van der Waals surface area contributed by atoms with E-state index in [0.29, 0.717) is 21.6 Å². The molecule has 0 radical (unpaired) electrons. The number of methoxy groups -OCH3 is 1. The highest BCUT2D eigenvalue weighted by Crippen LogP contribution is 2.34. The van der Waals surface area contributed by atoms with Crippen molar-refractivity contribution in [3.05, 3.63) is 64.1 Å². The van der Waals surface area contributed by atoms with Crippen LogP contribution in [-0.2, 0) is 11.4 Å². The molecule has 1 aliphatic rings. The van der Waals surface area contributed by atoms with E-state index >= 15 is 0 Å². The van der Waals surface area contributed by atoms with Crippen LogP contribution in [0.1, 0.15) is 21.5 Å². The molecule has 8 heteroatoms. The molecule has 0 bridgehead atoms. The van der Waals surface area contributed by atoms with Gasteiger partial charge in [0.25, 0.3) is 5.91 Å². The Hall–Kier alpha value is -3.26. The van der Waals surface area contributed by atoms with Crippen molar-refractivity contribution in [1.29, 1.82) is 0 Å². The van der Waals surface area contributed by atoms with Crippen LogP contribution >= 0.6 is 11.8 Å². The molecule has 3 rings (SSSR count). The number of carbonyl (C=O) groups is 2. The van der Waals surface area contributed by atoms with Gasteiger partial charge >= 0.3 is 5.97 Å². The van der Waals surface area contributed by atoms with Crippen LogP contribution in [-0.4, -0.2) is 48.3 Å². The summed E-state index contributed by atoms with van der Waals surface area (Å²) in [5.74, 6) is 0.0240. The molecule has 1 heterocycles. The van der Waals surface area contributed by atoms with Gasteiger partial charge < -0.3 is 14.6 Å². The summed E-state index contributed by atoms with van der Waals surface area (Å²) in [5, 5.41) is 9.61. The van der Waals surface area contributed by atoms with Crippen molar-refractivity contribution in [2.24, 2.45) is 4.99 Å². The molecule has 1 aliphatic heterocycles. The largest absolute Gasteiger partial charge is 0.493 e. The van der Waals surface area contributed by atoms with E-state index in [1.54, 1.807) is 51.5 Å². The minimum absolute atomic E-state index is 0.0975. The summed E-state index contributed by atoms with van der Waals surface area (Å²) in [5.41, 5.74) is 1.87. The van der Waals surface area contributed by atoms with Gasteiger partial charge in [-0.05, 0) is 53.2 Å². The SMILES string of the molecule is CN=C1S/C(=C/c2ccc(OCc3ccc(C(=O)O)cc3)c(OC)c2)C(=O)N1C. The van der Waals surface area contributed by atoms with Crippen LogP contribution in [0.2, 0.25) is 0 Å². The standard InChI is InChI=1S/C21H20N2O5S/c1-22-21-23(2)19(24)18(29-21)11-14-6-9-16(17(10-14)27-3)28-12-13-4-7-15(8-5-13)20(25)26/h4-11H,12H2,1-3H3,(H,25,26)/b18-11+,22-21?. The number of amidine groups is 1. The Bertz CT molecular complexity index is 999. The molecule has 0 spiro atoms. The van der Waals surface area contributed by atoms with Gasteiger partial charge in [-0.25, -0.2) is 4.79 Å². The van der Waals surface area contributed by atoms with Crippen molar-refractivity contribution >= 4 is 34.9 Å². The Kier molecular flexibility index (Phi) is 6.23. The molecule has 1 N–H and O–H groups in total. The number of hydrogen-bond donors (Lipinski definition) is 1. The number of thioether (sulfide) groups is 1. The highest BCUT2D eigenvalue weighted by Gasteiger charge is 2.29. The van der Waals surface area contributed by atoms with Crippen LogP contribution in [0.4, 0.5) is 0 Å². The molecular weight excluding hydrogens is 392 g/mol. The van der Waals surface area contributed by atoms with Crippen molar-refractivity contribution in [2.75, 3.05) is 21.2 Å². The van der Waals surface area contributed by atoms with Gasteiger partial charge in [-0.2, -0.15) is 0 Å². The fraction of sp³-hybridized carbons (Fsp3) is 0.190. The van der Waals surface area contributed by atoms with Gasteiger partial charge in [0.1, 0.15) is 6.61 Å². The number of carboxylic acids is 1. The van der Waals surface area contributed by atoms with E-state index in [1.807, 2.05) is 6.07 Å². The van der Waals surface area contributed by atoms with Crippen molar-refractivity contribution in [3.8, 4) is 11.5 Å². The maximum absolute atomic E-state index is 12.3. The molecule has 0 unspecified atom stereocenters. The molecule has 1 saturated heterocycles. The molecule has 2 aromatic carbocycles. The number of carboxylic acid groups (broad SMARTS) is 1. The van der Waals surface area contributed by atoms with Gasteiger partial charge in [-0.1, -0.05) is 18.2 Å². The minimum atomic E-state index is -0.966. The van der Waals surface area contributed by atoms with Crippen LogP contribution in [0, 0.1) is 0 Å². The van der Waals surface area contributed by atoms with E-state index in [2.05, 4.69) is 4.99 Å². The third-order valence-corrected chi connectivity index (χ3v) is 5.43. The quantitative estimate of drug-likeness (QED) is 0.731. The number of amides is 1. The van der Waals surface area contributed by atoms with Crippen LogP contribution in [0.5, 0.6) is 11.5 Å². The first kappa shape index (κ1) is 20.5. The summed E-state index contributed by atoms with van der Waals surface area (Å²) in [6, 6.07) is 11.9. The van der Waals surface area contributed by atoms with Gasteiger partial charge in [0.15, 0.2) is 16.7 Å². The van der Waals surface area contributed by atoms with E-state index in [1.165, 1.54) is 28.8 Å². The van der Waals surface area contributed by atoms with Gasteiger partial charge in [0.05, 0.1) is 17.6 Å². The Balaban J connectivity index is 1.74. The van der Waals surface area contributed by atoms with Crippen LogP contribution < -0.4 is 9.47 Å². The first-order chi connectivity index (χ1) is 13.9. The summed E-state index contributed by atoms with van der Waals surface area (Å²) in [6.45, 7) is 0.270. The summed E-state index contributed by atoms with van der Waals surface area (Å²) in [6.07, 6.45) is 1.79. The summed E-state index contributed by atoms with van der Waals surface area (Å²) < 4.78 is 11.2. The third-order valence-electron chi connectivity index (χ3n) is 4.28.